The molecular weight excluding hydrogens is 211 g/mol. The lowest BCUT2D eigenvalue weighted by molar-refractivity contribution is -0.249. The summed E-state index contributed by atoms with van der Waals surface area (Å²) in [5.41, 5.74) is 0. The van der Waals surface area contributed by atoms with E-state index < -0.39 is 6.17 Å². The second-order valence-corrected chi connectivity index (χ2v) is 4.62. The van der Waals surface area contributed by atoms with Gasteiger partial charge in [-0.1, -0.05) is 0 Å². The predicted molar refractivity (Wildman–Crippen MR) is 58.0 cm³/mol. The average Bonchev–Trinajstić information content (AvgIpc) is 2.32. The minimum atomic E-state index is -0.615. The molecule has 0 spiro atoms. The summed E-state index contributed by atoms with van der Waals surface area (Å²) in [7, 11) is 0. The van der Waals surface area contributed by atoms with Crippen LogP contribution in [0.15, 0.2) is 0 Å². The fourth-order valence-corrected chi connectivity index (χ4v) is 2.46. The molecule has 1 aliphatic heterocycles. The van der Waals surface area contributed by atoms with Crippen LogP contribution >= 0.6 is 0 Å². The Morgan fingerprint density at radius 3 is 2.31 bits per heavy atom. The summed E-state index contributed by atoms with van der Waals surface area (Å²) in [4.78, 5) is 0. The maximum Gasteiger partial charge on any atom is 0.160 e. The minimum absolute atomic E-state index is 0.0683. The van der Waals surface area contributed by atoms with E-state index in [2.05, 4.69) is 0 Å². The van der Waals surface area contributed by atoms with Crippen LogP contribution in [-0.4, -0.2) is 38.4 Å². The van der Waals surface area contributed by atoms with Gasteiger partial charge in [0.2, 0.25) is 0 Å². The SMILES string of the molecule is CCO[C@H]1CO[C@H]([C@H]2CC[C@H](F)CC2)OC1. The number of hydrogen-bond donors (Lipinski definition) is 0. The monoisotopic (exact) mass is 232 g/mol. The lowest BCUT2D eigenvalue weighted by Gasteiger charge is -2.36. The molecule has 94 valence electrons. The standard InChI is InChI=1S/C12H21FO3/c1-2-14-11-7-15-12(16-8-11)9-3-5-10(13)6-4-9/h9-12H,2-8H2,1H3/t9-,10-,11-,12-. The molecule has 1 saturated carbocycles. The van der Waals surface area contributed by atoms with Crippen LogP contribution in [0, 0.1) is 5.92 Å². The van der Waals surface area contributed by atoms with Gasteiger partial charge in [0.05, 0.1) is 13.2 Å². The highest BCUT2D eigenvalue weighted by Gasteiger charge is 2.32. The molecular formula is C12H21FO3. The first-order valence-electron chi connectivity index (χ1n) is 6.28. The Bertz CT molecular complexity index is 196. The van der Waals surface area contributed by atoms with Crippen molar-refractivity contribution in [2.75, 3.05) is 19.8 Å². The highest BCUT2D eigenvalue weighted by atomic mass is 19.1. The molecule has 2 fully saturated rings. The zero-order chi connectivity index (χ0) is 11.4. The van der Waals surface area contributed by atoms with Crippen LogP contribution in [-0.2, 0) is 14.2 Å². The van der Waals surface area contributed by atoms with Crippen LogP contribution in [0.3, 0.4) is 0 Å². The molecule has 3 nitrogen and oxygen atoms in total. The van der Waals surface area contributed by atoms with E-state index in [1.54, 1.807) is 0 Å². The number of halogens is 1. The molecule has 1 aliphatic carbocycles. The van der Waals surface area contributed by atoms with Gasteiger partial charge in [0.15, 0.2) is 6.29 Å². The summed E-state index contributed by atoms with van der Waals surface area (Å²) in [5.74, 6) is 0.370. The molecule has 16 heavy (non-hydrogen) atoms. The van der Waals surface area contributed by atoms with E-state index in [1.807, 2.05) is 6.92 Å². The quantitative estimate of drug-likeness (QED) is 0.747. The normalized spacial score (nSPS) is 40.9. The summed E-state index contributed by atoms with van der Waals surface area (Å²) in [6.07, 6.45) is 2.39. The molecule has 0 aromatic carbocycles. The number of ether oxygens (including phenoxy) is 3. The molecule has 1 saturated heterocycles. The second-order valence-electron chi connectivity index (χ2n) is 4.62. The van der Waals surface area contributed by atoms with E-state index in [1.165, 1.54) is 0 Å². The summed E-state index contributed by atoms with van der Waals surface area (Å²) in [6.45, 7) is 3.87. The van der Waals surface area contributed by atoms with Crippen LogP contribution in [0.5, 0.6) is 0 Å². The van der Waals surface area contributed by atoms with E-state index in [0.29, 0.717) is 38.6 Å². The number of hydrogen-bond acceptors (Lipinski definition) is 3. The van der Waals surface area contributed by atoms with E-state index in [9.17, 15) is 4.39 Å². The van der Waals surface area contributed by atoms with Crippen LogP contribution in [0.4, 0.5) is 4.39 Å². The van der Waals surface area contributed by atoms with Gasteiger partial charge in [0.25, 0.3) is 0 Å². The molecule has 0 unspecified atom stereocenters. The zero-order valence-corrected chi connectivity index (χ0v) is 9.86. The highest BCUT2D eigenvalue weighted by molar-refractivity contribution is 4.76. The third-order valence-corrected chi connectivity index (χ3v) is 3.38. The Labute approximate surface area is 96.2 Å². The molecule has 0 aromatic rings. The summed E-state index contributed by atoms with van der Waals surface area (Å²) in [6, 6.07) is 0. The van der Waals surface area contributed by atoms with Crippen LogP contribution in [0.1, 0.15) is 32.6 Å². The van der Waals surface area contributed by atoms with Gasteiger partial charge in [-0.15, -0.1) is 0 Å². The minimum Gasteiger partial charge on any atom is -0.374 e. The molecule has 2 rings (SSSR count). The van der Waals surface area contributed by atoms with Gasteiger partial charge in [-0.3, -0.25) is 0 Å². The molecule has 0 N–H and O–H groups in total. The Morgan fingerprint density at radius 1 is 1.12 bits per heavy atom. The van der Waals surface area contributed by atoms with Crippen molar-refractivity contribution in [1.29, 1.82) is 0 Å². The van der Waals surface area contributed by atoms with Gasteiger partial charge in [0.1, 0.15) is 12.3 Å². The summed E-state index contributed by atoms with van der Waals surface area (Å²) in [5, 5.41) is 0. The van der Waals surface area contributed by atoms with E-state index in [0.717, 1.165) is 12.8 Å². The second kappa shape index (κ2) is 5.94. The van der Waals surface area contributed by atoms with Crippen molar-refractivity contribution >= 4 is 0 Å². The van der Waals surface area contributed by atoms with Gasteiger partial charge in [0, 0.05) is 12.5 Å². The number of rotatable bonds is 3. The average molecular weight is 232 g/mol. The Balaban J connectivity index is 1.72. The van der Waals surface area contributed by atoms with Crippen molar-refractivity contribution < 1.29 is 18.6 Å². The molecule has 0 aromatic heterocycles. The maximum absolute atomic E-state index is 13.0. The van der Waals surface area contributed by atoms with Gasteiger partial charge in [-0.2, -0.15) is 0 Å². The summed E-state index contributed by atoms with van der Waals surface area (Å²) < 4.78 is 29.7. The molecule has 0 radical (unpaired) electrons. The molecule has 0 bridgehead atoms. The Hall–Kier alpha value is -0.190. The first kappa shape index (κ1) is 12.3. The van der Waals surface area contributed by atoms with Crippen LogP contribution in [0.25, 0.3) is 0 Å². The fourth-order valence-electron chi connectivity index (χ4n) is 2.46. The maximum atomic E-state index is 13.0. The van der Waals surface area contributed by atoms with Crippen LogP contribution in [0.2, 0.25) is 0 Å². The first-order chi connectivity index (χ1) is 7.79. The largest absolute Gasteiger partial charge is 0.374 e. The van der Waals surface area contributed by atoms with E-state index >= 15 is 0 Å². The van der Waals surface area contributed by atoms with Gasteiger partial charge in [-0.25, -0.2) is 4.39 Å². The van der Waals surface area contributed by atoms with Crippen molar-refractivity contribution in [2.45, 2.75) is 51.2 Å². The number of alkyl halides is 1. The van der Waals surface area contributed by atoms with Crippen molar-refractivity contribution in [3.8, 4) is 0 Å². The fraction of sp³-hybridized carbons (Fsp3) is 1.00. The molecule has 0 amide bonds. The van der Waals surface area contributed by atoms with Crippen molar-refractivity contribution in [1.82, 2.24) is 0 Å². The molecule has 0 atom stereocenters. The van der Waals surface area contributed by atoms with Gasteiger partial charge in [-0.05, 0) is 32.6 Å². The molecule has 4 heteroatoms. The van der Waals surface area contributed by atoms with Gasteiger partial charge >= 0.3 is 0 Å². The molecule has 1 heterocycles. The van der Waals surface area contributed by atoms with Crippen molar-refractivity contribution in [3.63, 3.8) is 0 Å². The topological polar surface area (TPSA) is 27.7 Å². The smallest absolute Gasteiger partial charge is 0.160 e. The zero-order valence-electron chi connectivity index (χ0n) is 9.86. The lowest BCUT2D eigenvalue weighted by atomic mass is 9.87. The van der Waals surface area contributed by atoms with Crippen molar-refractivity contribution in [3.05, 3.63) is 0 Å². The third-order valence-electron chi connectivity index (χ3n) is 3.38. The Morgan fingerprint density at radius 2 is 1.75 bits per heavy atom. The molecule has 2 aliphatic rings. The predicted octanol–water partition coefficient (Wildman–Crippen LogP) is 2.29. The first-order valence-corrected chi connectivity index (χ1v) is 6.28. The Kier molecular flexibility index (Phi) is 4.55. The van der Waals surface area contributed by atoms with Crippen LogP contribution < -0.4 is 0 Å². The highest BCUT2D eigenvalue weighted by Crippen LogP contribution is 2.31. The summed E-state index contributed by atoms with van der Waals surface area (Å²) >= 11 is 0. The van der Waals surface area contributed by atoms with E-state index in [4.69, 9.17) is 14.2 Å². The lowest BCUT2D eigenvalue weighted by Crippen LogP contribution is -2.42. The van der Waals surface area contributed by atoms with E-state index in [-0.39, 0.29) is 12.4 Å². The third kappa shape index (κ3) is 3.15. The van der Waals surface area contributed by atoms with Crippen molar-refractivity contribution in [2.24, 2.45) is 5.92 Å². The van der Waals surface area contributed by atoms with Gasteiger partial charge < -0.3 is 14.2 Å².